The zero-order valence-electron chi connectivity index (χ0n) is 11.5. The number of aromatic nitrogens is 2. The van der Waals surface area contributed by atoms with Gasteiger partial charge < -0.3 is 10.1 Å². The van der Waals surface area contributed by atoms with Crippen molar-refractivity contribution >= 4 is 17.3 Å². The highest BCUT2D eigenvalue weighted by Gasteiger charge is 2.19. The number of halogens is 1. The Morgan fingerprint density at radius 3 is 2.95 bits per heavy atom. The van der Waals surface area contributed by atoms with Crippen LogP contribution >= 0.6 is 11.6 Å². The van der Waals surface area contributed by atoms with E-state index in [0.29, 0.717) is 30.1 Å². The molecule has 3 rings (SSSR count). The van der Waals surface area contributed by atoms with Gasteiger partial charge in [-0.05, 0) is 17.7 Å². The van der Waals surface area contributed by atoms with Crippen LogP contribution < -0.4 is 5.32 Å². The molecule has 22 heavy (non-hydrogen) atoms. The lowest BCUT2D eigenvalue weighted by Crippen LogP contribution is -2.33. The van der Waals surface area contributed by atoms with Crippen LogP contribution in [0.1, 0.15) is 11.8 Å². The molecule has 1 fully saturated rings. The molecule has 1 atom stereocenters. The van der Waals surface area contributed by atoms with Crippen molar-refractivity contribution in [3.05, 3.63) is 51.4 Å². The molecule has 1 aromatic heterocycles. The number of rotatable bonds is 3. The smallest absolute Gasteiger partial charge is 0.270 e. The van der Waals surface area contributed by atoms with E-state index in [2.05, 4.69) is 15.3 Å². The maximum absolute atomic E-state index is 10.9. The summed E-state index contributed by atoms with van der Waals surface area (Å²) in [7, 11) is 0. The summed E-state index contributed by atoms with van der Waals surface area (Å²) in [5, 5.41) is 14.2. The van der Waals surface area contributed by atoms with Crippen LogP contribution in [0, 0.1) is 10.1 Å². The van der Waals surface area contributed by atoms with Crippen LogP contribution in [-0.2, 0) is 4.74 Å². The number of non-ortho nitro benzene ring substituents is 1. The molecule has 0 amide bonds. The van der Waals surface area contributed by atoms with Crippen molar-refractivity contribution in [2.24, 2.45) is 0 Å². The Morgan fingerprint density at radius 1 is 1.36 bits per heavy atom. The summed E-state index contributed by atoms with van der Waals surface area (Å²) in [6.45, 7) is 2.03. The van der Waals surface area contributed by atoms with Gasteiger partial charge in [-0.15, -0.1) is 0 Å². The molecule has 114 valence electrons. The SMILES string of the molecule is O=[N+]([O-])c1cccc(-c2cc(C3CNCCO3)nc(Cl)n2)c1. The summed E-state index contributed by atoms with van der Waals surface area (Å²) in [6, 6.07) is 8.00. The van der Waals surface area contributed by atoms with E-state index in [1.165, 1.54) is 12.1 Å². The first-order valence-electron chi connectivity index (χ1n) is 6.75. The molecule has 0 bridgehead atoms. The van der Waals surface area contributed by atoms with Crippen LogP contribution in [0.15, 0.2) is 30.3 Å². The fourth-order valence-corrected chi connectivity index (χ4v) is 2.47. The molecular formula is C14H13ClN4O3. The van der Waals surface area contributed by atoms with E-state index in [1.54, 1.807) is 18.2 Å². The number of benzene rings is 1. The van der Waals surface area contributed by atoms with Gasteiger partial charge in [0.15, 0.2) is 0 Å². The molecule has 0 aliphatic carbocycles. The fourth-order valence-electron chi connectivity index (χ4n) is 2.28. The number of nitrogens with zero attached hydrogens (tertiary/aromatic N) is 3. The highest BCUT2D eigenvalue weighted by Crippen LogP contribution is 2.26. The van der Waals surface area contributed by atoms with Gasteiger partial charge in [-0.3, -0.25) is 10.1 Å². The molecule has 0 spiro atoms. The molecule has 7 nitrogen and oxygen atoms in total. The lowest BCUT2D eigenvalue weighted by atomic mass is 10.1. The number of hydrogen-bond donors (Lipinski definition) is 1. The minimum atomic E-state index is -0.443. The van der Waals surface area contributed by atoms with Crippen LogP contribution in [0.25, 0.3) is 11.3 Å². The Balaban J connectivity index is 1.98. The van der Waals surface area contributed by atoms with Crippen molar-refractivity contribution in [1.82, 2.24) is 15.3 Å². The number of nitro benzene ring substituents is 1. The number of ether oxygens (including phenoxy) is 1. The summed E-state index contributed by atoms with van der Waals surface area (Å²) in [4.78, 5) is 18.8. The monoisotopic (exact) mass is 320 g/mol. The molecule has 1 saturated heterocycles. The average molecular weight is 321 g/mol. The predicted molar refractivity (Wildman–Crippen MR) is 80.7 cm³/mol. The number of nitrogens with one attached hydrogen (secondary N) is 1. The molecule has 0 saturated carbocycles. The summed E-state index contributed by atoms with van der Waals surface area (Å²) >= 11 is 5.99. The van der Waals surface area contributed by atoms with E-state index in [-0.39, 0.29) is 17.1 Å². The van der Waals surface area contributed by atoms with Crippen LogP contribution in [0.2, 0.25) is 5.28 Å². The fraction of sp³-hybridized carbons (Fsp3) is 0.286. The highest BCUT2D eigenvalue weighted by atomic mass is 35.5. The maximum atomic E-state index is 10.9. The molecule has 1 N–H and O–H groups in total. The molecule has 1 unspecified atom stereocenters. The van der Waals surface area contributed by atoms with Gasteiger partial charge in [0.2, 0.25) is 5.28 Å². The first kappa shape index (κ1) is 14.8. The Bertz CT molecular complexity index is 704. The molecule has 1 aliphatic rings. The van der Waals surface area contributed by atoms with Gasteiger partial charge in [0.25, 0.3) is 5.69 Å². The summed E-state index contributed by atoms with van der Waals surface area (Å²) in [5.74, 6) is 0. The molecule has 1 aromatic carbocycles. The standard InChI is InChI=1S/C14H13ClN4O3/c15-14-17-11(9-2-1-3-10(6-9)19(20)21)7-12(18-14)13-8-16-4-5-22-13/h1-3,6-7,13,16H,4-5,8H2. The summed E-state index contributed by atoms with van der Waals surface area (Å²) in [6.07, 6.45) is -0.202. The van der Waals surface area contributed by atoms with Crippen molar-refractivity contribution in [2.45, 2.75) is 6.10 Å². The second-order valence-electron chi connectivity index (χ2n) is 4.82. The predicted octanol–water partition coefficient (Wildman–Crippen LogP) is 2.37. The van der Waals surface area contributed by atoms with Gasteiger partial charge in [0.1, 0.15) is 6.10 Å². The molecule has 8 heteroatoms. The minimum Gasteiger partial charge on any atom is -0.369 e. The lowest BCUT2D eigenvalue weighted by Gasteiger charge is -2.23. The largest absolute Gasteiger partial charge is 0.369 e. The summed E-state index contributed by atoms with van der Waals surface area (Å²) < 4.78 is 5.65. The van der Waals surface area contributed by atoms with Crippen molar-refractivity contribution in [1.29, 1.82) is 0 Å². The quantitative estimate of drug-likeness (QED) is 0.530. The average Bonchev–Trinajstić information content (AvgIpc) is 2.55. The Kier molecular flexibility index (Phi) is 4.28. The maximum Gasteiger partial charge on any atom is 0.270 e. The van der Waals surface area contributed by atoms with E-state index >= 15 is 0 Å². The Morgan fingerprint density at radius 2 is 2.23 bits per heavy atom. The van der Waals surface area contributed by atoms with Crippen molar-refractivity contribution in [3.63, 3.8) is 0 Å². The van der Waals surface area contributed by atoms with E-state index in [1.807, 2.05) is 0 Å². The van der Waals surface area contributed by atoms with Gasteiger partial charge in [0.05, 0.1) is 22.9 Å². The molecule has 2 heterocycles. The molecule has 2 aromatic rings. The zero-order chi connectivity index (χ0) is 15.5. The van der Waals surface area contributed by atoms with E-state index in [9.17, 15) is 10.1 Å². The third-order valence-corrected chi connectivity index (χ3v) is 3.50. The van der Waals surface area contributed by atoms with Gasteiger partial charge in [-0.2, -0.15) is 0 Å². The van der Waals surface area contributed by atoms with Crippen LogP contribution in [-0.4, -0.2) is 34.6 Å². The number of morpholine rings is 1. The van der Waals surface area contributed by atoms with Crippen LogP contribution in [0.5, 0.6) is 0 Å². The first-order valence-corrected chi connectivity index (χ1v) is 7.13. The molecular weight excluding hydrogens is 308 g/mol. The third kappa shape index (κ3) is 3.22. The van der Waals surface area contributed by atoms with Gasteiger partial charge in [-0.25, -0.2) is 9.97 Å². The van der Waals surface area contributed by atoms with E-state index in [0.717, 1.165) is 6.54 Å². The van der Waals surface area contributed by atoms with Crippen molar-refractivity contribution in [2.75, 3.05) is 19.7 Å². The van der Waals surface area contributed by atoms with E-state index < -0.39 is 4.92 Å². The van der Waals surface area contributed by atoms with Gasteiger partial charge in [0, 0.05) is 30.8 Å². The van der Waals surface area contributed by atoms with Crippen LogP contribution in [0.4, 0.5) is 5.69 Å². The second kappa shape index (κ2) is 6.35. The minimum absolute atomic E-state index is 0.00404. The van der Waals surface area contributed by atoms with E-state index in [4.69, 9.17) is 16.3 Å². The topological polar surface area (TPSA) is 90.2 Å². The molecule has 0 radical (unpaired) electrons. The summed E-state index contributed by atoms with van der Waals surface area (Å²) in [5.41, 5.74) is 1.81. The van der Waals surface area contributed by atoms with Crippen molar-refractivity contribution < 1.29 is 9.66 Å². The number of hydrogen-bond acceptors (Lipinski definition) is 6. The number of nitro groups is 1. The zero-order valence-corrected chi connectivity index (χ0v) is 12.3. The first-order chi connectivity index (χ1) is 10.6. The normalized spacial score (nSPS) is 18.1. The highest BCUT2D eigenvalue weighted by molar-refractivity contribution is 6.28. The Labute approximate surface area is 131 Å². The van der Waals surface area contributed by atoms with Gasteiger partial charge >= 0.3 is 0 Å². The second-order valence-corrected chi connectivity index (χ2v) is 5.16. The van der Waals surface area contributed by atoms with Gasteiger partial charge in [-0.1, -0.05) is 12.1 Å². The Hall–Kier alpha value is -2.09. The lowest BCUT2D eigenvalue weighted by molar-refractivity contribution is -0.384. The third-order valence-electron chi connectivity index (χ3n) is 3.33. The van der Waals surface area contributed by atoms with Crippen LogP contribution in [0.3, 0.4) is 0 Å². The molecule has 1 aliphatic heterocycles. The van der Waals surface area contributed by atoms with Crippen molar-refractivity contribution in [3.8, 4) is 11.3 Å².